The van der Waals surface area contributed by atoms with Crippen LogP contribution in [0.1, 0.15) is 343 Å². The first kappa shape index (κ1) is 62.0. The van der Waals surface area contributed by atoms with Crippen molar-refractivity contribution in [2.24, 2.45) is 0 Å². The van der Waals surface area contributed by atoms with E-state index < -0.39 is 0 Å². The van der Waals surface area contributed by atoms with Crippen LogP contribution in [0, 0.1) is 0 Å². The third kappa shape index (κ3) is 41.0. The molecule has 0 aromatic heterocycles. The molecule has 0 aliphatic carbocycles. The van der Waals surface area contributed by atoms with Crippen molar-refractivity contribution in [3.8, 4) is 5.75 Å². The van der Waals surface area contributed by atoms with Crippen LogP contribution in [0.5, 0.6) is 5.75 Å². The van der Waals surface area contributed by atoms with Gasteiger partial charge in [-0.3, -0.25) is 9.59 Å². The van der Waals surface area contributed by atoms with Crippen molar-refractivity contribution in [1.29, 1.82) is 0 Å². The van der Waals surface area contributed by atoms with Gasteiger partial charge in [0.1, 0.15) is 5.75 Å². The fraction of sp³-hybridized carbons (Fsp3) is 0.869. The van der Waals surface area contributed by atoms with Gasteiger partial charge in [0.05, 0.1) is 12.2 Å². The third-order valence-electron chi connectivity index (χ3n) is 14.1. The lowest BCUT2D eigenvalue weighted by atomic mass is 10.0. The molecule has 0 aliphatic heterocycles. The highest BCUT2D eigenvalue weighted by atomic mass is 16.5. The Balaban J connectivity index is 2.37. The summed E-state index contributed by atoms with van der Waals surface area (Å²) in [5.74, 6) is 0.371. The Morgan fingerprint density at radius 1 is 0.333 bits per heavy atom. The third-order valence-corrected chi connectivity index (χ3v) is 14.1. The predicted molar refractivity (Wildman–Crippen MR) is 291 cm³/mol. The number of unbranched alkanes of at least 4 members (excludes halogenated alkanes) is 44. The maximum atomic E-state index is 13.4. The largest absolute Gasteiger partial charge is 0.493 e. The standard InChI is InChI=1S/C61H114N2O3/c1-4-7-10-13-16-19-22-25-28-30-33-36-39-42-45-48-53-62-60(64)57-51-52-58(59(56-57)66-55-50-47-44-41-38-35-32-27-24-21-18-15-12-9-6-3)61(65)63-54-49-46-43-40-37-34-31-29-26-23-20-17-14-11-8-5-2/h51-52,56H,4-50,53-55H2,1-3H3,(H,62,64)(H,63,65). The van der Waals surface area contributed by atoms with E-state index in [-0.39, 0.29) is 11.8 Å². The van der Waals surface area contributed by atoms with Gasteiger partial charge in [-0.15, -0.1) is 0 Å². The zero-order chi connectivity index (χ0) is 47.5. The van der Waals surface area contributed by atoms with Gasteiger partial charge in [0, 0.05) is 18.7 Å². The normalized spacial score (nSPS) is 11.4. The van der Waals surface area contributed by atoms with Gasteiger partial charge in [-0.2, -0.15) is 0 Å². The first-order valence-corrected chi connectivity index (χ1v) is 30.0. The number of hydrogen-bond acceptors (Lipinski definition) is 3. The van der Waals surface area contributed by atoms with E-state index in [1.165, 1.54) is 263 Å². The molecular formula is C61H114N2O3. The van der Waals surface area contributed by atoms with E-state index in [1.807, 2.05) is 0 Å². The summed E-state index contributed by atoms with van der Waals surface area (Å²) in [6, 6.07) is 5.40. The minimum Gasteiger partial charge on any atom is -0.493 e. The van der Waals surface area contributed by atoms with Crippen molar-refractivity contribution in [2.75, 3.05) is 19.7 Å². The summed E-state index contributed by atoms with van der Waals surface area (Å²) in [7, 11) is 0. The van der Waals surface area contributed by atoms with Crippen molar-refractivity contribution >= 4 is 11.8 Å². The number of hydrogen-bond donors (Lipinski definition) is 2. The minimum atomic E-state index is -0.0948. The molecule has 0 heterocycles. The fourth-order valence-corrected chi connectivity index (χ4v) is 9.57. The Hall–Kier alpha value is -2.04. The zero-order valence-corrected chi connectivity index (χ0v) is 44.8. The number of ether oxygens (including phenoxy) is 1. The molecule has 1 rings (SSSR count). The molecule has 0 fully saturated rings. The van der Waals surface area contributed by atoms with Crippen LogP contribution in [0.3, 0.4) is 0 Å². The van der Waals surface area contributed by atoms with E-state index in [2.05, 4.69) is 31.4 Å². The average Bonchev–Trinajstić information content (AvgIpc) is 3.33. The molecule has 386 valence electrons. The highest BCUT2D eigenvalue weighted by Gasteiger charge is 2.16. The smallest absolute Gasteiger partial charge is 0.255 e. The Morgan fingerprint density at radius 3 is 0.894 bits per heavy atom. The van der Waals surface area contributed by atoms with Gasteiger partial charge in [-0.1, -0.05) is 303 Å². The average molecular weight is 924 g/mol. The van der Waals surface area contributed by atoms with E-state index in [0.717, 1.165) is 38.5 Å². The molecule has 2 amide bonds. The zero-order valence-electron chi connectivity index (χ0n) is 44.8. The monoisotopic (exact) mass is 923 g/mol. The van der Waals surface area contributed by atoms with E-state index in [4.69, 9.17) is 4.74 Å². The fourth-order valence-electron chi connectivity index (χ4n) is 9.57. The molecule has 0 spiro atoms. The second-order valence-electron chi connectivity index (χ2n) is 20.6. The van der Waals surface area contributed by atoms with Crippen LogP contribution in [0.15, 0.2) is 18.2 Å². The molecule has 1 aromatic rings. The van der Waals surface area contributed by atoms with Crippen LogP contribution >= 0.6 is 0 Å². The summed E-state index contributed by atoms with van der Waals surface area (Å²) in [4.78, 5) is 26.7. The van der Waals surface area contributed by atoms with Crippen LogP contribution in [-0.2, 0) is 0 Å². The molecule has 0 radical (unpaired) electrons. The highest BCUT2D eigenvalue weighted by molar-refractivity contribution is 6.00. The second kappa shape index (κ2) is 50.8. The Bertz CT molecular complexity index is 1170. The number of rotatable bonds is 53. The molecule has 2 N–H and O–H groups in total. The Morgan fingerprint density at radius 2 is 0.591 bits per heavy atom. The first-order chi connectivity index (χ1) is 32.6. The molecule has 5 nitrogen and oxygen atoms in total. The second-order valence-corrected chi connectivity index (χ2v) is 20.6. The van der Waals surface area contributed by atoms with Crippen molar-refractivity contribution < 1.29 is 14.3 Å². The van der Waals surface area contributed by atoms with Gasteiger partial charge < -0.3 is 15.4 Å². The number of amides is 2. The number of carbonyl (C=O) groups excluding carboxylic acids is 2. The van der Waals surface area contributed by atoms with Crippen LogP contribution < -0.4 is 15.4 Å². The quantitative estimate of drug-likeness (QED) is 0.0640. The summed E-state index contributed by atoms with van der Waals surface area (Å²) in [5.41, 5.74) is 1.12. The van der Waals surface area contributed by atoms with Crippen molar-refractivity contribution in [2.45, 2.75) is 323 Å². The van der Waals surface area contributed by atoms with Crippen molar-refractivity contribution in [1.82, 2.24) is 10.6 Å². The molecule has 0 unspecified atom stereocenters. The lowest BCUT2D eigenvalue weighted by Gasteiger charge is -2.14. The molecule has 0 atom stereocenters. The number of benzene rings is 1. The van der Waals surface area contributed by atoms with Crippen LogP contribution in [0.2, 0.25) is 0 Å². The van der Waals surface area contributed by atoms with E-state index in [0.29, 0.717) is 36.6 Å². The topological polar surface area (TPSA) is 67.4 Å². The van der Waals surface area contributed by atoms with Gasteiger partial charge >= 0.3 is 0 Å². The van der Waals surface area contributed by atoms with Gasteiger partial charge in [0.15, 0.2) is 0 Å². The molecule has 1 aromatic carbocycles. The van der Waals surface area contributed by atoms with Gasteiger partial charge in [0.25, 0.3) is 11.8 Å². The van der Waals surface area contributed by atoms with Crippen LogP contribution in [0.25, 0.3) is 0 Å². The first-order valence-electron chi connectivity index (χ1n) is 30.0. The number of nitrogens with one attached hydrogen (secondary N) is 2. The Kier molecular flexibility index (Phi) is 47.7. The molecular weight excluding hydrogens is 809 g/mol. The molecule has 0 aliphatic rings. The van der Waals surface area contributed by atoms with Gasteiger partial charge in [-0.05, 0) is 37.5 Å². The SMILES string of the molecule is CCCCCCCCCCCCCCCCCCNC(=O)c1ccc(C(=O)NCCCCCCCCCCCCCCCCCC)c(OCCCCCCCCCCCCCCCCC)c1. The molecule has 0 saturated carbocycles. The van der Waals surface area contributed by atoms with Crippen LogP contribution in [-0.4, -0.2) is 31.5 Å². The van der Waals surface area contributed by atoms with E-state index in [9.17, 15) is 9.59 Å². The molecule has 0 saturated heterocycles. The van der Waals surface area contributed by atoms with E-state index in [1.54, 1.807) is 18.2 Å². The lowest BCUT2D eigenvalue weighted by Crippen LogP contribution is -2.26. The summed E-state index contributed by atoms with van der Waals surface area (Å²) < 4.78 is 6.30. The maximum absolute atomic E-state index is 13.4. The molecule has 66 heavy (non-hydrogen) atoms. The predicted octanol–water partition coefficient (Wildman–Crippen LogP) is 19.9. The maximum Gasteiger partial charge on any atom is 0.255 e. The summed E-state index contributed by atoms with van der Waals surface area (Å²) >= 11 is 0. The van der Waals surface area contributed by atoms with Gasteiger partial charge in [-0.25, -0.2) is 0 Å². The van der Waals surface area contributed by atoms with Crippen molar-refractivity contribution in [3.63, 3.8) is 0 Å². The summed E-state index contributed by atoms with van der Waals surface area (Å²) in [5, 5.41) is 6.30. The summed E-state index contributed by atoms with van der Waals surface area (Å²) in [6.45, 7) is 8.81. The molecule has 0 bridgehead atoms. The van der Waals surface area contributed by atoms with Crippen LogP contribution in [0.4, 0.5) is 0 Å². The lowest BCUT2D eigenvalue weighted by molar-refractivity contribution is 0.0937. The molecule has 5 heteroatoms. The van der Waals surface area contributed by atoms with E-state index >= 15 is 0 Å². The number of carbonyl (C=O) groups is 2. The minimum absolute atomic E-state index is 0.0760. The van der Waals surface area contributed by atoms with Gasteiger partial charge in [0.2, 0.25) is 0 Å². The summed E-state index contributed by atoms with van der Waals surface area (Å²) in [6.07, 6.45) is 62.9. The Labute approximate surface area is 412 Å². The highest BCUT2D eigenvalue weighted by Crippen LogP contribution is 2.23. The van der Waals surface area contributed by atoms with Crippen molar-refractivity contribution in [3.05, 3.63) is 29.3 Å².